The lowest BCUT2D eigenvalue weighted by molar-refractivity contribution is -0.141. The van der Waals surface area contributed by atoms with Gasteiger partial charge in [-0.1, -0.05) is 0 Å². The Morgan fingerprint density at radius 3 is 2.48 bits per heavy atom. The zero-order valence-corrected chi connectivity index (χ0v) is 18.5. The number of anilines is 1. The zero-order valence-electron chi connectivity index (χ0n) is 18.5. The topological polar surface area (TPSA) is 143 Å². The molecular formula is C20H28F2N4O7. The van der Waals surface area contributed by atoms with Gasteiger partial charge in [0.05, 0.1) is 6.61 Å². The van der Waals surface area contributed by atoms with E-state index in [2.05, 4.69) is 10.3 Å². The van der Waals surface area contributed by atoms with Crippen LogP contribution in [0.5, 0.6) is 0 Å². The summed E-state index contributed by atoms with van der Waals surface area (Å²) >= 11 is 0. The van der Waals surface area contributed by atoms with Crippen LogP contribution in [0.25, 0.3) is 0 Å². The van der Waals surface area contributed by atoms with Crippen molar-refractivity contribution in [3.63, 3.8) is 0 Å². The summed E-state index contributed by atoms with van der Waals surface area (Å²) in [6.07, 6.45) is -4.71. The third-order valence-electron chi connectivity index (χ3n) is 5.41. The van der Waals surface area contributed by atoms with Gasteiger partial charge in [0.25, 0.3) is 0 Å². The van der Waals surface area contributed by atoms with Crippen molar-refractivity contribution >= 4 is 17.8 Å². The second-order valence-corrected chi connectivity index (χ2v) is 9.06. The molecule has 13 heteroatoms. The number of likely N-dealkylation sites (tertiary alicyclic amines) is 1. The van der Waals surface area contributed by atoms with Crippen molar-refractivity contribution in [2.75, 3.05) is 25.0 Å². The fourth-order valence-electron chi connectivity index (χ4n) is 3.66. The molecular weight excluding hydrogens is 446 g/mol. The van der Waals surface area contributed by atoms with E-state index in [4.69, 9.17) is 14.6 Å². The maximum absolute atomic E-state index is 14.3. The summed E-state index contributed by atoms with van der Waals surface area (Å²) < 4.78 is 39.2. The Labute approximate surface area is 188 Å². The SMILES string of the molecule is CC(C)(C)OC(=O)N1CCC(C(=O)Nc2ccn([C@@H]3O[C@H](CO)[C@@H](O)C3(F)F)c(=O)n2)CC1. The molecule has 3 rings (SSSR count). The summed E-state index contributed by atoms with van der Waals surface area (Å²) in [5.41, 5.74) is -1.75. The molecule has 1 aromatic heterocycles. The largest absolute Gasteiger partial charge is 0.444 e. The van der Waals surface area contributed by atoms with Crippen LogP contribution in [0.3, 0.4) is 0 Å². The first kappa shape index (κ1) is 25.0. The van der Waals surface area contributed by atoms with E-state index in [1.807, 2.05) is 0 Å². The number of piperidine rings is 1. The predicted octanol–water partition coefficient (Wildman–Crippen LogP) is 0.715. The highest BCUT2D eigenvalue weighted by Crippen LogP contribution is 2.42. The number of hydrogen-bond donors (Lipinski definition) is 3. The number of amides is 2. The minimum Gasteiger partial charge on any atom is -0.444 e. The van der Waals surface area contributed by atoms with Crippen LogP contribution < -0.4 is 11.0 Å². The van der Waals surface area contributed by atoms with Crippen LogP contribution in [0.2, 0.25) is 0 Å². The minimum absolute atomic E-state index is 0.128. The highest BCUT2D eigenvalue weighted by molar-refractivity contribution is 5.91. The van der Waals surface area contributed by atoms with Gasteiger partial charge >= 0.3 is 17.7 Å². The van der Waals surface area contributed by atoms with Gasteiger partial charge in [-0.25, -0.2) is 9.59 Å². The van der Waals surface area contributed by atoms with E-state index in [0.29, 0.717) is 30.5 Å². The van der Waals surface area contributed by atoms with Crippen LogP contribution in [0.15, 0.2) is 17.1 Å². The second-order valence-electron chi connectivity index (χ2n) is 9.06. The van der Waals surface area contributed by atoms with Crippen LogP contribution >= 0.6 is 0 Å². The molecule has 0 saturated carbocycles. The molecule has 2 aliphatic heterocycles. The molecule has 0 bridgehead atoms. The quantitative estimate of drug-likeness (QED) is 0.579. The molecule has 11 nitrogen and oxygen atoms in total. The average Bonchev–Trinajstić information content (AvgIpc) is 2.96. The van der Waals surface area contributed by atoms with Crippen molar-refractivity contribution in [3.05, 3.63) is 22.7 Å². The first-order valence-corrected chi connectivity index (χ1v) is 10.5. The predicted molar refractivity (Wildman–Crippen MR) is 110 cm³/mol. The van der Waals surface area contributed by atoms with Crippen molar-refractivity contribution in [1.29, 1.82) is 0 Å². The van der Waals surface area contributed by atoms with Crippen LogP contribution in [-0.2, 0) is 14.3 Å². The van der Waals surface area contributed by atoms with E-state index in [1.165, 1.54) is 4.90 Å². The fraction of sp³-hybridized carbons (Fsp3) is 0.700. The maximum Gasteiger partial charge on any atom is 0.410 e. The van der Waals surface area contributed by atoms with Gasteiger partial charge < -0.3 is 29.9 Å². The highest BCUT2D eigenvalue weighted by atomic mass is 19.3. The molecule has 3 atom stereocenters. The fourth-order valence-corrected chi connectivity index (χ4v) is 3.66. The standard InChI is InChI=1S/C20H28F2N4O7/c1-19(2,3)33-18(31)25-7-4-11(5-8-25)15(29)23-13-6-9-26(17(30)24-13)16-20(21,22)14(28)12(10-27)32-16/h6,9,11-12,14,16,27-28H,4-5,7-8,10H2,1-3H3,(H,23,24,29,30)/t12-,14-,16-/m1/s1. The summed E-state index contributed by atoms with van der Waals surface area (Å²) in [6, 6.07) is 1.16. The van der Waals surface area contributed by atoms with Crippen molar-refractivity contribution < 1.29 is 38.1 Å². The van der Waals surface area contributed by atoms with E-state index in [9.17, 15) is 28.3 Å². The number of alkyl halides is 2. The van der Waals surface area contributed by atoms with E-state index in [-0.39, 0.29) is 5.82 Å². The Kier molecular flexibility index (Phi) is 7.05. The number of carbonyl (C=O) groups excluding carboxylic acids is 2. The lowest BCUT2D eigenvalue weighted by atomic mass is 9.96. The van der Waals surface area contributed by atoms with Gasteiger partial charge in [-0.15, -0.1) is 0 Å². The van der Waals surface area contributed by atoms with E-state index in [0.717, 1.165) is 12.3 Å². The molecule has 2 fully saturated rings. The van der Waals surface area contributed by atoms with Crippen LogP contribution in [0, 0.1) is 5.92 Å². The first-order valence-electron chi connectivity index (χ1n) is 10.5. The Bertz CT molecular complexity index is 941. The molecule has 184 valence electrons. The summed E-state index contributed by atoms with van der Waals surface area (Å²) in [7, 11) is 0. The van der Waals surface area contributed by atoms with Gasteiger partial charge in [0.1, 0.15) is 17.5 Å². The third kappa shape index (κ3) is 5.47. The number of rotatable bonds is 4. The molecule has 2 saturated heterocycles. The van der Waals surface area contributed by atoms with Crippen LogP contribution in [0.4, 0.5) is 19.4 Å². The number of halogens is 2. The summed E-state index contributed by atoms with van der Waals surface area (Å²) in [4.78, 5) is 42.1. The molecule has 2 amide bonds. The molecule has 2 aliphatic rings. The molecule has 1 aromatic rings. The number of nitrogens with zero attached hydrogens (tertiary/aromatic N) is 3. The van der Waals surface area contributed by atoms with Gasteiger partial charge in [0.15, 0.2) is 6.10 Å². The van der Waals surface area contributed by atoms with Gasteiger partial charge in [0.2, 0.25) is 12.1 Å². The molecule has 33 heavy (non-hydrogen) atoms. The van der Waals surface area contributed by atoms with E-state index in [1.54, 1.807) is 20.8 Å². The van der Waals surface area contributed by atoms with Gasteiger partial charge in [-0.2, -0.15) is 13.8 Å². The van der Waals surface area contributed by atoms with Crippen molar-refractivity contribution in [3.8, 4) is 0 Å². The van der Waals surface area contributed by atoms with Crippen LogP contribution in [0.1, 0.15) is 39.8 Å². The van der Waals surface area contributed by atoms with Crippen molar-refractivity contribution in [2.24, 2.45) is 5.92 Å². The van der Waals surface area contributed by atoms with Crippen molar-refractivity contribution in [2.45, 2.75) is 63.6 Å². The Morgan fingerprint density at radius 2 is 1.97 bits per heavy atom. The smallest absolute Gasteiger partial charge is 0.410 e. The number of hydrogen-bond acceptors (Lipinski definition) is 8. The van der Waals surface area contributed by atoms with E-state index >= 15 is 0 Å². The van der Waals surface area contributed by atoms with Crippen molar-refractivity contribution in [1.82, 2.24) is 14.5 Å². The molecule has 0 aromatic carbocycles. The molecule has 3 N–H and O–H groups in total. The first-order chi connectivity index (χ1) is 15.3. The highest BCUT2D eigenvalue weighted by Gasteiger charge is 2.59. The number of ether oxygens (including phenoxy) is 2. The Balaban J connectivity index is 1.60. The van der Waals surface area contributed by atoms with Gasteiger partial charge in [-0.3, -0.25) is 9.36 Å². The monoisotopic (exact) mass is 474 g/mol. The third-order valence-corrected chi connectivity index (χ3v) is 5.41. The van der Waals surface area contributed by atoms with Crippen LogP contribution in [-0.4, -0.2) is 80.1 Å². The number of carbonyl (C=O) groups is 2. The lowest BCUT2D eigenvalue weighted by Gasteiger charge is -2.32. The number of aliphatic hydroxyl groups is 2. The summed E-state index contributed by atoms with van der Waals surface area (Å²) in [5, 5.41) is 21.2. The molecule has 0 aliphatic carbocycles. The number of aromatic nitrogens is 2. The average molecular weight is 474 g/mol. The van der Waals surface area contributed by atoms with Gasteiger partial charge in [-0.05, 0) is 39.7 Å². The Hall–Kier alpha value is -2.64. The lowest BCUT2D eigenvalue weighted by Crippen LogP contribution is -2.44. The molecule has 0 spiro atoms. The summed E-state index contributed by atoms with van der Waals surface area (Å²) in [6.45, 7) is 5.09. The number of aliphatic hydroxyl groups excluding tert-OH is 2. The Morgan fingerprint density at radius 1 is 1.33 bits per heavy atom. The zero-order chi connectivity index (χ0) is 24.6. The second kappa shape index (κ2) is 9.31. The molecule has 3 heterocycles. The van der Waals surface area contributed by atoms with Gasteiger partial charge in [0, 0.05) is 25.2 Å². The van der Waals surface area contributed by atoms with E-state index < -0.39 is 60.2 Å². The molecule has 0 unspecified atom stereocenters. The normalized spacial score (nSPS) is 25.7. The maximum atomic E-state index is 14.3. The molecule has 0 radical (unpaired) electrons. The number of nitrogens with one attached hydrogen (secondary N) is 1. The summed E-state index contributed by atoms with van der Waals surface area (Å²) in [5.74, 6) is -4.81. The minimum atomic E-state index is -3.83.